The lowest BCUT2D eigenvalue weighted by Crippen LogP contribution is -2.15. The molecule has 1 heterocycles. The molecule has 10 heteroatoms. The number of halogens is 3. The summed E-state index contributed by atoms with van der Waals surface area (Å²) in [6, 6.07) is 14.9. The van der Waals surface area contributed by atoms with Gasteiger partial charge in [-0.1, -0.05) is 48.0 Å². The first-order chi connectivity index (χ1) is 13.6. The van der Waals surface area contributed by atoms with E-state index in [9.17, 15) is 21.6 Å². The number of nitrogens with one attached hydrogen (secondary N) is 1. The molecule has 150 valence electrons. The Morgan fingerprint density at radius 2 is 1.72 bits per heavy atom. The van der Waals surface area contributed by atoms with Crippen LogP contribution < -0.4 is 4.72 Å². The van der Waals surface area contributed by atoms with Gasteiger partial charge in [0.05, 0.1) is 16.5 Å². The van der Waals surface area contributed by atoms with Crippen molar-refractivity contribution in [2.24, 2.45) is 0 Å². The van der Waals surface area contributed by atoms with Gasteiger partial charge in [0.25, 0.3) is 10.0 Å². The fourth-order valence-electron chi connectivity index (χ4n) is 2.78. The molecular formula is C19H15F3N4O2S. The molecule has 1 N–H and O–H groups in total. The number of aryl methyl sites for hydroxylation is 1. The van der Waals surface area contributed by atoms with E-state index in [0.717, 1.165) is 5.56 Å². The van der Waals surface area contributed by atoms with Crippen LogP contribution in [0.15, 0.2) is 59.5 Å². The monoisotopic (exact) mass is 420 g/mol. The maximum atomic E-state index is 13.8. The quantitative estimate of drug-likeness (QED) is 0.670. The van der Waals surface area contributed by atoms with Crippen molar-refractivity contribution < 1.29 is 21.6 Å². The Morgan fingerprint density at radius 3 is 2.28 bits per heavy atom. The predicted octanol–water partition coefficient (Wildman–Crippen LogP) is 4.20. The van der Waals surface area contributed by atoms with Crippen molar-refractivity contribution in [1.82, 2.24) is 9.78 Å². The van der Waals surface area contributed by atoms with Gasteiger partial charge in [-0.15, -0.1) is 0 Å². The Balaban J connectivity index is 2.23. The van der Waals surface area contributed by atoms with E-state index in [1.54, 1.807) is 31.2 Å². The molecule has 0 amide bonds. The fraction of sp³-hybridized carbons (Fsp3) is 0.158. The highest BCUT2D eigenvalue weighted by Gasteiger charge is 2.41. The Bertz CT molecular complexity index is 1160. The molecule has 0 saturated carbocycles. The topological polar surface area (TPSA) is 87.8 Å². The van der Waals surface area contributed by atoms with Crippen molar-refractivity contribution in [3.05, 3.63) is 65.9 Å². The van der Waals surface area contributed by atoms with Crippen molar-refractivity contribution in [2.75, 3.05) is 4.72 Å². The molecule has 0 fully saturated rings. The van der Waals surface area contributed by atoms with Crippen molar-refractivity contribution >= 4 is 15.8 Å². The number of aromatic nitrogens is 2. The van der Waals surface area contributed by atoms with Gasteiger partial charge < -0.3 is 0 Å². The van der Waals surface area contributed by atoms with Crippen LogP contribution >= 0.6 is 0 Å². The second-order valence-electron chi connectivity index (χ2n) is 6.17. The highest BCUT2D eigenvalue weighted by molar-refractivity contribution is 7.92. The summed E-state index contributed by atoms with van der Waals surface area (Å²) in [4.78, 5) is -0.127. The van der Waals surface area contributed by atoms with Gasteiger partial charge in [-0.2, -0.15) is 23.5 Å². The highest BCUT2D eigenvalue weighted by Crippen LogP contribution is 2.42. The van der Waals surface area contributed by atoms with Crippen LogP contribution in [0, 0.1) is 18.3 Å². The van der Waals surface area contributed by atoms with Crippen LogP contribution in [0.2, 0.25) is 0 Å². The summed E-state index contributed by atoms with van der Waals surface area (Å²) >= 11 is 0. The van der Waals surface area contributed by atoms with Gasteiger partial charge in [-0.05, 0) is 24.6 Å². The Labute approximate surface area is 165 Å². The number of sulfonamides is 1. The summed E-state index contributed by atoms with van der Waals surface area (Å²) < 4.78 is 69.4. The summed E-state index contributed by atoms with van der Waals surface area (Å²) in [5.74, 6) is -0.500. The van der Waals surface area contributed by atoms with Crippen molar-refractivity contribution in [1.29, 1.82) is 5.26 Å². The van der Waals surface area contributed by atoms with Crippen LogP contribution in [0.3, 0.4) is 0 Å². The van der Waals surface area contributed by atoms with Crippen molar-refractivity contribution in [3.63, 3.8) is 0 Å². The van der Waals surface area contributed by atoms with E-state index in [-0.39, 0.29) is 10.5 Å². The van der Waals surface area contributed by atoms with E-state index < -0.39 is 39.8 Å². The van der Waals surface area contributed by atoms with Gasteiger partial charge in [-0.3, -0.25) is 4.72 Å². The molecule has 0 spiro atoms. The number of benzene rings is 2. The molecule has 0 radical (unpaired) electrons. The van der Waals surface area contributed by atoms with E-state index in [1.807, 2.05) is 0 Å². The minimum Gasteiger partial charge on any atom is -0.261 e. The van der Waals surface area contributed by atoms with E-state index in [4.69, 9.17) is 5.26 Å². The molecule has 3 aromatic rings. The molecule has 0 aliphatic rings. The van der Waals surface area contributed by atoms with Crippen LogP contribution in [-0.4, -0.2) is 18.2 Å². The third-order valence-electron chi connectivity index (χ3n) is 4.07. The molecule has 0 aliphatic heterocycles. The number of hydrogen-bond donors (Lipinski definition) is 1. The van der Waals surface area contributed by atoms with E-state index >= 15 is 0 Å². The molecule has 1 aromatic heterocycles. The number of alkyl halides is 3. The van der Waals surface area contributed by atoms with Crippen LogP contribution in [0.1, 0.15) is 11.3 Å². The molecule has 0 aliphatic carbocycles. The van der Waals surface area contributed by atoms with E-state index in [2.05, 4.69) is 9.82 Å². The number of nitriles is 1. The molecular weight excluding hydrogens is 405 g/mol. The maximum absolute atomic E-state index is 13.8. The van der Waals surface area contributed by atoms with Crippen molar-refractivity contribution in [2.45, 2.75) is 24.5 Å². The smallest absolute Gasteiger partial charge is 0.261 e. The SMILES string of the molecule is Cc1ccc(-c2c(NS(=O)(=O)c3ccccc3)nn(CC#N)c2C(F)(F)F)cc1. The average Bonchev–Trinajstić information content (AvgIpc) is 3.01. The van der Waals surface area contributed by atoms with Crippen LogP contribution in [0.4, 0.5) is 19.0 Å². The zero-order valence-electron chi connectivity index (χ0n) is 15.1. The molecule has 29 heavy (non-hydrogen) atoms. The van der Waals surface area contributed by atoms with Gasteiger partial charge in [0.1, 0.15) is 6.54 Å². The number of anilines is 1. The zero-order chi connectivity index (χ0) is 21.2. The van der Waals surface area contributed by atoms with Gasteiger partial charge >= 0.3 is 6.18 Å². The minimum atomic E-state index is -4.86. The van der Waals surface area contributed by atoms with Gasteiger partial charge in [0.2, 0.25) is 0 Å². The molecule has 6 nitrogen and oxygen atoms in total. The van der Waals surface area contributed by atoms with Gasteiger partial charge in [0.15, 0.2) is 11.5 Å². The van der Waals surface area contributed by atoms with Crippen LogP contribution in [0.5, 0.6) is 0 Å². The second-order valence-corrected chi connectivity index (χ2v) is 7.85. The molecule has 2 aromatic carbocycles. The zero-order valence-corrected chi connectivity index (χ0v) is 15.9. The summed E-state index contributed by atoms with van der Waals surface area (Å²) in [5, 5.41) is 12.7. The number of rotatable bonds is 5. The molecule has 0 atom stereocenters. The minimum absolute atomic E-state index is 0.123. The summed E-state index contributed by atoms with van der Waals surface area (Å²) in [7, 11) is -4.19. The number of nitrogens with zero attached hydrogens (tertiary/aromatic N) is 3. The Hall–Kier alpha value is -3.32. The van der Waals surface area contributed by atoms with Gasteiger partial charge in [0, 0.05) is 0 Å². The highest BCUT2D eigenvalue weighted by atomic mass is 32.2. The lowest BCUT2D eigenvalue weighted by atomic mass is 10.0. The maximum Gasteiger partial charge on any atom is 0.433 e. The van der Waals surface area contributed by atoms with Crippen LogP contribution in [-0.2, 0) is 22.7 Å². The molecule has 0 saturated heterocycles. The van der Waals surface area contributed by atoms with Crippen LogP contribution in [0.25, 0.3) is 11.1 Å². The standard InChI is InChI=1S/C19H15F3N4O2S/c1-13-7-9-14(10-8-13)16-17(19(20,21)22)26(12-11-23)24-18(16)25-29(27,28)15-5-3-2-4-6-15/h2-10H,12H2,1H3,(H,24,25). The first-order valence-corrected chi connectivity index (χ1v) is 9.81. The average molecular weight is 420 g/mol. The normalized spacial score (nSPS) is 11.8. The summed E-state index contributed by atoms with van der Waals surface area (Å²) in [5.41, 5.74) is -0.697. The first kappa shape index (κ1) is 20.4. The Kier molecular flexibility index (Phi) is 5.35. The third kappa shape index (κ3) is 4.25. The Morgan fingerprint density at radius 1 is 1.10 bits per heavy atom. The largest absolute Gasteiger partial charge is 0.433 e. The third-order valence-corrected chi connectivity index (χ3v) is 5.42. The second kappa shape index (κ2) is 7.60. The lowest BCUT2D eigenvalue weighted by molar-refractivity contribution is -0.143. The first-order valence-electron chi connectivity index (χ1n) is 8.33. The fourth-order valence-corrected chi connectivity index (χ4v) is 3.81. The molecule has 0 unspecified atom stereocenters. The lowest BCUT2D eigenvalue weighted by Gasteiger charge is -2.12. The molecule has 3 rings (SSSR count). The summed E-state index contributed by atoms with van der Waals surface area (Å²) in [6.45, 7) is 1.08. The number of hydrogen-bond acceptors (Lipinski definition) is 4. The summed E-state index contributed by atoms with van der Waals surface area (Å²) in [6.07, 6.45) is -4.86. The predicted molar refractivity (Wildman–Crippen MR) is 100 cm³/mol. The van der Waals surface area contributed by atoms with Gasteiger partial charge in [-0.25, -0.2) is 13.1 Å². The van der Waals surface area contributed by atoms with E-state index in [0.29, 0.717) is 4.68 Å². The van der Waals surface area contributed by atoms with Crippen molar-refractivity contribution in [3.8, 4) is 17.2 Å². The molecule has 0 bridgehead atoms. The van der Waals surface area contributed by atoms with E-state index in [1.165, 1.54) is 36.4 Å².